The van der Waals surface area contributed by atoms with E-state index < -0.39 is 0 Å². The zero-order valence-electron chi connectivity index (χ0n) is 17.4. The van der Waals surface area contributed by atoms with Crippen LogP contribution in [0, 0.1) is 6.92 Å². The monoisotopic (exact) mass is 395 g/mol. The maximum absolute atomic E-state index is 12.5. The number of likely N-dealkylation sites (N-methyl/N-ethyl adjacent to an activating group) is 2. The molecule has 0 aromatic heterocycles. The third-order valence-electron chi connectivity index (χ3n) is 5.22. The minimum atomic E-state index is -0.149. The van der Waals surface area contributed by atoms with Crippen LogP contribution in [0.15, 0.2) is 48.5 Å². The van der Waals surface area contributed by atoms with E-state index in [4.69, 9.17) is 4.74 Å². The van der Waals surface area contributed by atoms with Gasteiger partial charge in [-0.05, 0) is 37.6 Å². The molecular formula is C23H29N3O3. The number of carbonyl (C=O) groups excluding carboxylic acids is 2. The van der Waals surface area contributed by atoms with Crippen LogP contribution in [0.1, 0.15) is 29.3 Å². The van der Waals surface area contributed by atoms with Gasteiger partial charge in [-0.2, -0.15) is 0 Å². The zero-order valence-corrected chi connectivity index (χ0v) is 17.4. The second-order valence-electron chi connectivity index (χ2n) is 7.34. The summed E-state index contributed by atoms with van der Waals surface area (Å²) < 4.78 is 6.09. The Morgan fingerprint density at radius 2 is 1.90 bits per heavy atom. The van der Waals surface area contributed by atoms with Crippen molar-refractivity contribution >= 4 is 17.5 Å². The Hall–Kier alpha value is -3.02. The summed E-state index contributed by atoms with van der Waals surface area (Å²) in [6.45, 7) is 6.47. The van der Waals surface area contributed by atoms with Crippen molar-refractivity contribution in [2.24, 2.45) is 0 Å². The van der Waals surface area contributed by atoms with E-state index in [9.17, 15) is 9.59 Å². The predicted molar refractivity (Wildman–Crippen MR) is 115 cm³/mol. The van der Waals surface area contributed by atoms with E-state index in [1.807, 2.05) is 43.3 Å². The van der Waals surface area contributed by atoms with Crippen LogP contribution < -0.4 is 15.0 Å². The highest BCUT2D eigenvalue weighted by Gasteiger charge is 2.26. The Labute approximate surface area is 172 Å². The van der Waals surface area contributed by atoms with Gasteiger partial charge in [0.15, 0.2) is 0 Å². The zero-order chi connectivity index (χ0) is 20.8. The van der Waals surface area contributed by atoms with Gasteiger partial charge in [-0.15, -0.1) is 0 Å². The van der Waals surface area contributed by atoms with Crippen molar-refractivity contribution < 1.29 is 14.3 Å². The van der Waals surface area contributed by atoms with E-state index in [2.05, 4.69) is 23.2 Å². The first-order chi connectivity index (χ1) is 14.0. The number of fused-ring (bicyclic) bond motifs is 1. The molecule has 0 saturated heterocycles. The SMILES string of the molecule is CCN1C[C@H](CN(C)C(=O)CCNC(=O)c2ccccc2C)Oc2ccccc21. The van der Waals surface area contributed by atoms with E-state index in [0.29, 0.717) is 18.7 Å². The minimum absolute atomic E-state index is 0.0133. The molecule has 1 heterocycles. The Bertz CT molecular complexity index is 868. The average molecular weight is 396 g/mol. The van der Waals surface area contributed by atoms with Crippen LogP contribution in [0.4, 0.5) is 5.69 Å². The molecule has 1 aliphatic heterocycles. The molecule has 6 nitrogen and oxygen atoms in total. The van der Waals surface area contributed by atoms with Crippen molar-refractivity contribution in [3.8, 4) is 5.75 Å². The molecule has 3 rings (SSSR count). The van der Waals surface area contributed by atoms with Crippen molar-refractivity contribution in [2.75, 3.05) is 38.1 Å². The highest BCUT2D eigenvalue weighted by atomic mass is 16.5. The van der Waals surface area contributed by atoms with Gasteiger partial charge in [0.25, 0.3) is 5.91 Å². The quantitative estimate of drug-likeness (QED) is 0.783. The van der Waals surface area contributed by atoms with Crippen molar-refractivity contribution in [1.29, 1.82) is 0 Å². The molecule has 0 fully saturated rings. The Balaban J connectivity index is 1.48. The van der Waals surface area contributed by atoms with Crippen LogP contribution in [0.3, 0.4) is 0 Å². The highest BCUT2D eigenvalue weighted by molar-refractivity contribution is 5.95. The first-order valence-electron chi connectivity index (χ1n) is 10.1. The van der Waals surface area contributed by atoms with Crippen LogP contribution >= 0.6 is 0 Å². The second kappa shape index (κ2) is 9.45. The van der Waals surface area contributed by atoms with Gasteiger partial charge in [-0.3, -0.25) is 9.59 Å². The number of nitrogens with zero attached hydrogens (tertiary/aromatic N) is 2. The third kappa shape index (κ3) is 5.08. The van der Waals surface area contributed by atoms with Gasteiger partial charge in [-0.25, -0.2) is 0 Å². The number of nitrogens with one attached hydrogen (secondary N) is 1. The second-order valence-corrected chi connectivity index (χ2v) is 7.34. The van der Waals surface area contributed by atoms with Gasteiger partial charge < -0.3 is 19.9 Å². The molecule has 0 aliphatic carbocycles. The molecule has 0 saturated carbocycles. The van der Waals surface area contributed by atoms with Gasteiger partial charge in [-0.1, -0.05) is 30.3 Å². The number of amides is 2. The van der Waals surface area contributed by atoms with E-state index >= 15 is 0 Å². The lowest BCUT2D eigenvalue weighted by molar-refractivity contribution is -0.130. The van der Waals surface area contributed by atoms with Crippen molar-refractivity contribution in [3.05, 3.63) is 59.7 Å². The van der Waals surface area contributed by atoms with Gasteiger partial charge in [0.05, 0.1) is 18.8 Å². The Morgan fingerprint density at radius 3 is 2.66 bits per heavy atom. The molecule has 2 aromatic carbocycles. The van der Waals surface area contributed by atoms with Crippen molar-refractivity contribution in [1.82, 2.24) is 10.2 Å². The summed E-state index contributed by atoms with van der Waals surface area (Å²) >= 11 is 0. The number of anilines is 1. The summed E-state index contributed by atoms with van der Waals surface area (Å²) in [5.41, 5.74) is 2.66. The largest absolute Gasteiger partial charge is 0.485 e. The van der Waals surface area contributed by atoms with Gasteiger partial charge in [0.2, 0.25) is 5.91 Å². The van der Waals surface area contributed by atoms with Crippen LogP contribution in [0.2, 0.25) is 0 Å². The smallest absolute Gasteiger partial charge is 0.251 e. The maximum atomic E-state index is 12.5. The normalized spacial score (nSPS) is 15.3. The number of hydrogen-bond acceptors (Lipinski definition) is 4. The number of carbonyl (C=O) groups is 2. The lowest BCUT2D eigenvalue weighted by atomic mass is 10.1. The average Bonchev–Trinajstić information content (AvgIpc) is 2.73. The lowest BCUT2D eigenvalue weighted by Crippen LogP contribution is -2.47. The van der Waals surface area contributed by atoms with E-state index in [1.165, 1.54) is 0 Å². The standard InChI is InChI=1S/C23H29N3O3/c1-4-26-16-18(29-21-12-8-7-11-20(21)26)15-25(3)22(27)13-14-24-23(28)19-10-6-5-9-17(19)2/h5-12,18H,4,13-16H2,1-3H3,(H,24,28)/t18-/m0/s1. The summed E-state index contributed by atoms with van der Waals surface area (Å²) in [4.78, 5) is 28.7. The minimum Gasteiger partial charge on any atom is -0.485 e. The van der Waals surface area contributed by atoms with Gasteiger partial charge in [0.1, 0.15) is 11.9 Å². The fourth-order valence-electron chi connectivity index (χ4n) is 3.58. The first-order valence-corrected chi connectivity index (χ1v) is 10.1. The molecule has 29 heavy (non-hydrogen) atoms. The molecule has 2 aromatic rings. The fourth-order valence-corrected chi connectivity index (χ4v) is 3.58. The Kier molecular flexibility index (Phi) is 6.75. The molecule has 0 unspecified atom stereocenters. The number of hydrogen-bond donors (Lipinski definition) is 1. The number of ether oxygens (including phenoxy) is 1. The van der Waals surface area contributed by atoms with Crippen LogP contribution in [0.25, 0.3) is 0 Å². The maximum Gasteiger partial charge on any atom is 0.251 e. The highest BCUT2D eigenvalue weighted by Crippen LogP contribution is 2.32. The summed E-state index contributed by atoms with van der Waals surface area (Å²) in [5, 5.41) is 2.83. The topological polar surface area (TPSA) is 61.9 Å². The van der Waals surface area contributed by atoms with Crippen LogP contribution in [0.5, 0.6) is 5.75 Å². The van der Waals surface area contributed by atoms with Crippen LogP contribution in [-0.4, -0.2) is 56.0 Å². The Morgan fingerprint density at radius 1 is 1.17 bits per heavy atom. The molecule has 0 spiro atoms. The molecule has 1 atom stereocenters. The summed E-state index contributed by atoms with van der Waals surface area (Å²) in [6, 6.07) is 15.4. The van der Waals surface area contributed by atoms with Crippen molar-refractivity contribution in [2.45, 2.75) is 26.4 Å². The van der Waals surface area contributed by atoms with Gasteiger partial charge in [0, 0.05) is 32.1 Å². The molecule has 1 aliphatic rings. The van der Waals surface area contributed by atoms with Crippen molar-refractivity contribution in [3.63, 3.8) is 0 Å². The number of para-hydroxylation sites is 2. The van der Waals surface area contributed by atoms with E-state index in [1.54, 1.807) is 18.0 Å². The fraction of sp³-hybridized carbons (Fsp3) is 0.391. The number of benzene rings is 2. The number of rotatable bonds is 7. The summed E-state index contributed by atoms with van der Waals surface area (Å²) in [7, 11) is 1.78. The van der Waals surface area contributed by atoms with Gasteiger partial charge >= 0.3 is 0 Å². The predicted octanol–water partition coefficient (Wildman–Crippen LogP) is 2.86. The van der Waals surface area contributed by atoms with E-state index in [-0.39, 0.29) is 24.3 Å². The molecular weight excluding hydrogens is 366 g/mol. The van der Waals surface area contributed by atoms with Crippen LogP contribution in [-0.2, 0) is 4.79 Å². The lowest BCUT2D eigenvalue weighted by Gasteiger charge is -2.37. The third-order valence-corrected chi connectivity index (χ3v) is 5.22. The van der Waals surface area contributed by atoms with E-state index in [0.717, 1.165) is 30.1 Å². The molecule has 0 bridgehead atoms. The molecule has 6 heteroatoms. The summed E-state index contributed by atoms with van der Waals surface area (Å²) in [5.74, 6) is 0.696. The first kappa shape index (κ1) is 20.7. The number of aryl methyl sites for hydroxylation is 1. The molecule has 2 amide bonds. The molecule has 154 valence electrons. The molecule has 1 N–H and O–H groups in total. The molecule has 0 radical (unpaired) electrons. The summed E-state index contributed by atoms with van der Waals surface area (Å²) in [6.07, 6.45) is 0.176.